The van der Waals surface area contributed by atoms with Crippen molar-refractivity contribution >= 4 is 5.69 Å². The number of benzene rings is 1. The number of hydrogen-bond donors (Lipinski definition) is 2. The van der Waals surface area contributed by atoms with Gasteiger partial charge in [-0.05, 0) is 11.6 Å². The molecule has 2 nitrogen and oxygen atoms in total. The predicted octanol–water partition coefficient (Wildman–Crippen LogP) is 1.54. The third-order valence-corrected chi connectivity index (χ3v) is 2.09. The molecule has 0 aliphatic heterocycles. The summed E-state index contributed by atoms with van der Waals surface area (Å²) in [6, 6.07) is 7.63. The van der Waals surface area contributed by atoms with Crippen molar-refractivity contribution in [3.8, 4) is 0 Å². The molecule has 0 bridgehead atoms. The first-order valence-corrected chi connectivity index (χ1v) is 4.04. The molecule has 1 rings (SSSR count). The molecule has 0 heterocycles. The highest BCUT2D eigenvalue weighted by atomic mass is 16.3. The van der Waals surface area contributed by atoms with Gasteiger partial charge >= 0.3 is 0 Å². The smallest absolute Gasteiger partial charge is 0.0523 e. The van der Waals surface area contributed by atoms with Crippen LogP contribution in [-0.2, 0) is 5.41 Å². The Hall–Kier alpha value is -1.02. The standard InChI is InChI=1S/C10H15NO/c1-10(2,7-12)8-5-3-4-6-9(8)11/h3-6,12H,7,11H2,1-2H3. The van der Waals surface area contributed by atoms with Gasteiger partial charge in [0.2, 0.25) is 0 Å². The summed E-state index contributed by atoms with van der Waals surface area (Å²) in [7, 11) is 0. The minimum Gasteiger partial charge on any atom is -0.398 e. The average Bonchev–Trinajstić information content (AvgIpc) is 2.05. The fourth-order valence-corrected chi connectivity index (χ4v) is 1.20. The molecule has 0 atom stereocenters. The van der Waals surface area contributed by atoms with E-state index in [0.717, 1.165) is 11.3 Å². The van der Waals surface area contributed by atoms with Crippen molar-refractivity contribution in [3.05, 3.63) is 29.8 Å². The van der Waals surface area contributed by atoms with Crippen LogP contribution in [0.2, 0.25) is 0 Å². The van der Waals surface area contributed by atoms with E-state index in [4.69, 9.17) is 10.8 Å². The molecule has 0 aliphatic rings. The molecule has 2 heteroatoms. The number of hydrogen-bond acceptors (Lipinski definition) is 2. The summed E-state index contributed by atoms with van der Waals surface area (Å²) in [5.74, 6) is 0. The predicted molar refractivity (Wildman–Crippen MR) is 51.0 cm³/mol. The van der Waals surface area contributed by atoms with E-state index >= 15 is 0 Å². The van der Waals surface area contributed by atoms with E-state index in [1.54, 1.807) is 0 Å². The van der Waals surface area contributed by atoms with Crippen LogP contribution in [-0.4, -0.2) is 11.7 Å². The number of nitrogen functional groups attached to an aromatic ring is 1. The van der Waals surface area contributed by atoms with Crippen LogP contribution in [0.25, 0.3) is 0 Å². The minimum absolute atomic E-state index is 0.112. The molecular weight excluding hydrogens is 150 g/mol. The summed E-state index contributed by atoms with van der Waals surface area (Å²) in [4.78, 5) is 0. The second kappa shape index (κ2) is 3.15. The lowest BCUT2D eigenvalue weighted by Gasteiger charge is -2.23. The van der Waals surface area contributed by atoms with Gasteiger partial charge in [-0.2, -0.15) is 0 Å². The third kappa shape index (κ3) is 1.59. The Morgan fingerprint density at radius 2 is 1.92 bits per heavy atom. The zero-order valence-corrected chi connectivity index (χ0v) is 7.54. The van der Waals surface area contributed by atoms with Gasteiger partial charge in [0.1, 0.15) is 0 Å². The van der Waals surface area contributed by atoms with Crippen molar-refractivity contribution in [1.82, 2.24) is 0 Å². The normalized spacial score (nSPS) is 11.6. The fourth-order valence-electron chi connectivity index (χ4n) is 1.20. The maximum absolute atomic E-state index is 9.12. The van der Waals surface area contributed by atoms with Crippen LogP contribution in [0.15, 0.2) is 24.3 Å². The van der Waals surface area contributed by atoms with Gasteiger partial charge in [-0.15, -0.1) is 0 Å². The topological polar surface area (TPSA) is 46.2 Å². The van der Waals surface area contributed by atoms with E-state index < -0.39 is 0 Å². The minimum atomic E-state index is -0.245. The summed E-state index contributed by atoms with van der Waals surface area (Å²) in [6.45, 7) is 4.05. The highest BCUT2D eigenvalue weighted by Crippen LogP contribution is 2.26. The molecule has 1 aromatic rings. The van der Waals surface area contributed by atoms with Crippen molar-refractivity contribution in [1.29, 1.82) is 0 Å². The first-order valence-electron chi connectivity index (χ1n) is 4.04. The van der Waals surface area contributed by atoms with E-state index in [1.165, 1.54) is 0 Å². The van der Waals surface area contributed by atoms with Crippen LogP contribution >= 0.6 is 0 Å². The Bertz CT molecular complexity index is 268. The zero-order valence-electron chi connectivity index (χ0n) is 7.54. The maximum Gasteiger partial charge on any atom is 0.0523 e. The number of rotatable bonds is 2. The van der Waals surface area contributed by atoms with Crippen molar-refractivity contribution in [3.63, 3.8) is 0 Å². The molecule has 0 amide bonds. The third-order valence-electron chi connectivity index (χ3n) is 2.09. The van der Waals surface area contributed by atoms with Gasteiger partial charge in [0.25, 0.3) is 0 Å². The van der Waals surface area contributed by atoms with Gasteiger partial charge in [-0.1, -0.05) is 32.0 Å². The van der Waals surface area contributed by atoms with Crippen LogP contribution in [0.5, 0.6) is 0 Å². The lowest BCUT2D eigenvalue weighted by atomic mass is 9.84. The highest BCUT2D eigenvalue weighted by Gasteiger charge is 2.20. The first kappa shape index (κ1) is 9.07. The fraction of sp³-hybridized carbons (Fsp3) is 0.400. The van der Waals surface area contributed by atoms with Crippen LogP contribution in [0.3, 0.4) is 0 Å². The Balaban J connectivity index is 3.10. The van der Waals surface area contributed by atoms with E-state index in [2.05, 4.69) is 0 Å². The molecule has 3 N–H and O–H groups in total. The molecule has 66 valence electrons. The second-order valence-electron chi connectivity index (χ2n) is 3.63. The number of anilines is 1. The first-order chi connectivity index (χ1) is 5.58. The monoisotopic (exact) mass is 165 g/mol. The summed E-state index contributed by atoms with van der Waals surface area (Å²) in [5, 5.41) is 9.12. The summed E-state index contributed by atoms with van der Waals surface area (Å²) in [6.07, 6.45) is 0. The van der Waals surface area contributed by atoms with Gasteiger partial charge in [0.15, 0.2) is 0 Å². The number of aliphatic hydroxyl groups is 1. The second-order valence-corrected chi connectivity index (χ2v) is 3.63. The molecular formula is C10H15NO. The Labute approximate surface area is 73.0 Å². The van der Waals surface area contributed by atoms with Crippen molar-refractivity contribution < 1.29 is 5.11 Å². The summed E-state index contributed by atoms with van der Waals surface area (Å²) in [5.41, 5.74) is 7.28. The quantitative estimate of drug-likeness (QED) is 0.653. The van der Waals surface area contributed by atoms with E-state index in [-0.39, 0.29) is 12.0 Å². The number of nitrogens with two attached hydrogens (primary N) is 1. The largest absolute Gasteiger partial charge is 0.398 e. The van der Waals surface area contributed by atoms with Crippen molar-refractivity contribution in [2.75, 3.05) is 12.3 Å². The van der Waals surface area contributed by atoms with Crippen LogP contribution < -0.4 is 5.73 Å². The summed E-state index contributed by atoms with van der Waals surface area (Å²) >= 11 is 0. The average molecular weight is 165 g/mol. The van der Waals surface area contributed by atoms with Gasteiger partial charge in [-0.25, -0.2) is 0 Å². The van der Waals surface area contributed by atoms with Gasteiger partial charge in [0, 0.05) is 11.1 Å². The highest BCUT2D eigenvalue weighted by molar-refractivity contribution is 5.50. The van der Waals surface area contributed by atoms with Crippen molar-refractivity contribution in [2.45, 2.75) is 19.3 Å². The Morgan fingerprint density at radius 1 is 1.33 bits per heavy atom. The molecule has 0 unspecified atom stereocenters. The lowest BCUT2D eigenvalue weighted by molar-refractivity contribution is 0.219. The Morgan fingerprint density at radius 3 is 2.42 bits per heavy atom. The van der Waals surface area contributed by atoms with Gasteiger partial charge in [-0.3, -0.25) is 0 Å². The summed E-state index contributed by atoms with van der Waals surface area (Å²) < 4.78 is 0. The van der Waals surface area contributed by atoms with Gasteiger partial charge in [0.05, 0.1) is 6.61 Å². The number of aliphatic hydroxyl groups excluding tert-OH is 1. The molecule has 0 saturated heterocycles. The van der Waals surface area contributed by atoms with E-state index in [1.807, 2.05) is 38.1 Å². The van der Waals surface area contributed by atoms with Crippen LogP contribution in [0, 0.1) is 0 Å². The van der Waals surface area contributed by atoms with E-state index in [0.29, 0.717) is 0 Å². The lowest BCUT2D eigenvalue weighted by Crippen LogP contribution is -2.23. The van der Waals surface area contributed by atoms with Crippen molar-refractivity contribution in [2.24, 2.45) is 0 Å². The molecule has 0 spiro atoms. The maximum atomic E-state index is 9.12. The SMILES string of the molecule is CC(C)(CO)c1ccccc1N. The van der Waals surface area contributed by atoms with Gasteiger partial charge < -0.3 is 10.8 Å². The molecule has 0 radical (unpaired) electrons. The van der Waals surface area contributed by atoms with Crippen LogP contribution in [0.4, 0.5) is 5.69 Å². The Kier molecular flexibility index (Phi) is 2.38. The molecule has 1 aromatic carbocycles. The molecule has 0 saturated carbocycles. The van der Waals surface area contributed by atoms with Crippen LogP contribution in [0.1, 0.15) is 19.4 Å². The zero-order chi connectivity index (χ0) is 9.19. The molecule has 0 aromatic heterocycles. The molecule has 12 heavy (non-hydrogen) atoms. The van der Waals surface area contributed by atoms with E-state index in [9.17, 15) is 0 Å². The molecule has 0 fully saturated rings. The molecule has 0 aliphatic carbocycles. The number of para-hydroxylation sites is 1.